The van der Waals surface area contributed by atoms with Gasteiger partial charge in [-0.25, -0.2) is 19.3 Å². The van der Waals surface area contributed by atoms with Crippen LogP contribution in [0.1, 0.15) is 29.6 Å². The highest BCUT2D eigenvalue weighted by Gasteiger charge is 2.27. The minimum atomic E-state index is -0.255. The molecule has 0 spiro atoms. The van der Waals surface area contributed by atoms with Gasteiger partial charge in [-0.1, -0.05) is 6.92 Å². The summed E-state index contributed by atoms with van der Waals surface area (Å²) >= 11 is 1.71. The van der Waals surface area contributed by atoms with Crippen molar-refractivity contribution in [2.75, 3.05) is 31.6 Å². The molecule has 0 saturated carbocycles. The molecule has 0 aliphatic carbocycles. The van der Waals surface area contributed by atoms with E-state index in [-0.39, 0.29) is 5.82 Å². The van der Waals surface area contributed by atoms with Gasteiger partial charge < -0.3 is 9.80 Å². The third kappa shape index (κ3) is 3.72. The van der Waals surface area contributed by atoms with Gasteiger partial charge in [0.1, 0.15) is 6.33 Å². The number of aryl methyl sites for hydroxylation is 2. The van der Waals surface area contributed by atoms with Crippen LogP contribution in [0.25, 0.3) is 0 Å². The maximum atomic E-state index is 14.4. The maximum absolute atomic E-state index is 14.4. The molecule has 0 aromatic carbocycles. The van der Waals surface area contributed by atoms with E-state index in [1.54, 1.807) is 11.3 Å². The molecule has 0 radical (unpaired) electrons. The second-order valence-electron chi connectivity index (χ2n) is 6.47. The van der Waals surface area contributed by atoms with Crippen molar-refractivity contribution in [3.8, 4) is 0 Å². The second-order valence-corrected chi connectivity index (χ2v) is 7.41. The van der Waals surface area contributed by atoms with Crippen LogP contribution in [0.4, 0.5) is 10.2 Å². The van der Waals surface area contributed by atoms with Crippen molar-refractivity contribution in [2.45, 2.75) is 33.2 Å². The van der Waals surface area contributed by atoms with Gasteiger partial charge in [0.05, 0.1) is 16.9 Å². The van der Waals surface area contributed by atoms with E-state index in [1.165, 1.54) is 11.2 Å². The quantitative estimate of drug-likeness (QED) is 0.802. The Morgan fingerprint density at radius 3 is 2.92 bits per heavy atom. The van der Waals surface area contributed by atoms with Gasteiger partial charge in [-0.3, -0.25) is 0 Å². The lowest BCUT2D eigenvalue weighted by Gasteiger charge is -2.22. The van der Waals surface area contributed by atoms with Crippen molar-refractivity contribution in [3.63, 3.8) is 0 Å². The molecule has 0 amide bonds. The van der Waals surface area contributed by atoms with Gasteiger partial charge in [-0.15, -0.1) is 11.3 Å². The second kappa shape index (κ2) is 7.53. The molecule has 1 saturated heterocycles. The molecule has 7 heteroatoms. The fourth-order valence-electron chi connectivity index (χ4n) is 3.27. The summed E-state index contributed by atoms with van der Waals surface area (Å²) in [6.45, 7) is 7.60. The van der Waals surface area contributed by atoms with Gasteiger partial charge in [0.2, 0.25) is 0 Å². The monoisotopic (exact) mass is 349 g/mol. The summed E-state index contributed by atoms with van der Waals surface area (Å²) in [5.74, 6) is 0.738. The molecule has 24 heavy (non-hydrogen) atoms. The Bertz CT molecular complexity index is 689. The van der Waals surface area contributed by atoms with E-state index in [9.17, 15) is 4.39 Å². The SMILES string of the molecule is CCc1ncnc(N2CC[C@H](CN(C)Cc3scnc3C)C2)c1F. The standard InChI is InChI=1S/C17H24FN5S/c1-4-14-16(18)17(20-10-19-14)23-6-5-13(8-23)7-22(3)9-15-12(2)21-11-24-15/h10-11,13H,4-9H2,1-3H3/t13-/m1/s1. The zero-order valence-corrected chi connectivity index (χ0v) is 15.3. The molecule has 1 fully saturated rings. The topological polar surface area (TPSA) is 45.2 Å². The molecule has 0 unspecified atom stereocenters. The summed E-state index contributed by atoms with van der Waals surface area (Å²) in [5, 5.41) is 0. The zero-order valence-electron chi connectivity index (χ0n) is 14.5. The van der Waals surface area contributed by atoms with Gasteiger partial charge in [0.25, 0.3) is 0 Å². The molecule has 1 aliphatic rings. The number of anilines is 1. The van der Waals surface area contributed by atoms with Crippen LogP contribution in [0.5, 0.6) is 0 Å². The zero-order chi connectivity index (χ0) is 17.1. The van der Waals surface area contributed by atoms with E-state index in [1.807, 2.05) is 12.4 Å². The summed E-state index contributed by atoms with van der Waals surface area (Å²) in [6.07, 6.45) is 3.13. The van der Waals surface area contributed by atoms with Crippen molar-refractivity contribution < 1.29 is 4.39 Å². The number of halogens is 1. The molecule has 2 aromatic rings. The Morgan fingerprint density at radius 2 is 2.21 bits per heavy atom. The summed E-state index contributed by atoms with van der Waals surface area (Å²) in [6, 6.07) is 0. The highest BCUT2D eigenvalue weighted by molar-refractivity contribution is 7.09. The molecule has 3 rings (SSSR count). The lowest BCUT2D eigenvalue weighted by Crippen LogP contribution is -2.28. The average Bonchev–Trinajstić information content (AvgIpc) is 3.17. The van der Waals surface area contributed by atoms with Crippen molar-refractivity contribution in [3.05, 3.63) is 33.9 Å². The Morgan fingerprint density at radius 1 is 1.38 bits per heavy atom. The van der Waals surface area contributed by atoms with Crippen molar-refractivity contribution in [2.24, 2.45) is 5.92 Å². The number of rotatable bonds is 6. The van der Waals surface area contributed by atoms with Crippen molar-refractivity contribution >= 4 is 17.2 Å². The summed E-state index contributed by atoms with van der Waals surface area (Å²) in [4.78, 5) is 18.2. The number of nitrogens with zero attached hydrogens (tertiary/aromatic N) is 5. The largest absolute Gasteiger partial charge is 0.354 e. The predicted molar refractivity (Wildman–Crippen MR) is 94.9 cm³/mol. The first-order valence-corrected chi connectivity index (χ1v) is 9.28. The molecule has 0 bridgehead atoms. The van der Waals surface area contributed by atoms with Gasteiger partial charge in [0, 0.05) is 31.1 Å². The number of hydrogen-bond acceptors (Lipinski definition) is 6. The first-order chi connectivity index (χ1) is 11.6. The number of thiazole rings is 1. The van der Waals surface area contributed by atoms with Crippen LogP contribution in [0, 0.1) is 18.7 Å². The van der Waals surface area contributed by atoms with E-state index in [0.29, 0.717) is 23.9 Å². The lowest BCUT2D eigenvalue weighted by molar-refractivity contribution is 0.281. The third-order valence-corrected chi connectivity index (χ3v) is 5.51. The smallest absolute Gasteiger partial charge is 0.187 e. The van der Waals surface area contributed by atoms with E-state index in [4.69, 9.17) is 0 Å². The molecular formula is C17H24FN5S. The van der Waals surface area contributed by atoms with Crippen molar-refractivity contribution in [1.82, 2.24) is 19.9 Å². The van der Waals surface area contributed by atoms with E-state index >= 15 is 0 Å². The Labute approximate surface area is 146 Å². The van der Waals surface area contributed by atoms with Gasteiger partial charge in [-0.05, 0) is 32.7 Å². The van der Waals surface area contributed by atoms with E-state index in [0.717, 1.165) is 38.3 Å². The Balaban J connectivity index is 1.58. The summed E-state index contributed by atoms with van der Waals surface area (Å²) in [5.41, 5.74) is 3.52. The Hall–Kier alpha value is -1.60. The molecule has 2 aromatic heterocycles. The van der Waals surface area contributed by atoms with Gasteiger partial charge in [0.15, 0.2) is 11.6 Å². The van der Waals surface area contributed by atoms with Crippen LogP contribution in [-0.2, 0) is 13.0 Å². The van der Waals surface area contributed by atoms with Crippen molar-refractivity contribution in [1.29, 1.82) is 0 Å². The van der Waals surface area contributed by atoms with Crippen LogP contribution in [0.2, 0.25) is 0 Å². The van der Waals surface area contributed by atoms with E-state index < -0.39 is 0 Å². The summed E-state index contributed by atoms with van der Waals surface area (Å²) in [7, 11) is 2.14. The molecule has 5 nitrogen and oxygen atoms in total. The molecule has 1 atom stereocenters. The minimum absolute atomic E-state index is 0.255. The summed E-state index contributed by atoms with van der Waals surface area (Å²) < 4.78 is 14.4. The first kappa shape index (κ1) is 17.2. The molecule has 0 N–H and O–H groups in total. The number of aromatic nitrogens is 3. The van der Waals surface area contributed by atoms with Gasteiger partial charge in [-0.2, -0.15) is 0 Å². The molecular weight excluding hydrogens is 325 g/mol. The number of hydrogen-bond donors (Lipinski definition) is 0. The minimum Gasteiger partial charge on any atom is -0.354 e. The molecule has 130 valence electrons. The third-order valence-electron chi connectivity index (χ3n) is 4.59. The van der Waals surface area contributed by atoms with E-state index in [2.05, 4.69) is 38.7 Å². The fraction of sp³-hybridized carbons (Fsp3) is 0.588. The molecule has 1 aliphatic heterocycles. The van der Waals surface area contributed by atoms with Gasteiger partial charge >= 0.3 is 0 Å². The normalized spacial score (nSPS) is 17.9. The molecule has 3 heterocycles. The average molecular weight is 349 g/mol. The first-order valence-electron chi connectivity index (χ1n) is 8.40. The van der Waals surface area contributed by atoms with Crippen LogP contribution in [0.15, 0.2) is 11.8 Å². The fourth-order valence-corrected chi connectivity index (χ4v) is 4.12. The lowest BCUT2D eigenvalue weighted by atomic mass is 10.1. The Kier molecular flexibility index (Phi) is 5.40. The maximum Gasteiger partial charge on any atom is 0.187 e. The highest BCUT2D eigenvalue weighted by atomic mass is 32.1. The predicted octanol–water partition coefficient (Wildman–Crippen LogP) is 2.90. The van der Waals surface area contributed by atoms with Crippen LogP contribution >= 0.6 is 11.3 Å². The van der Waals surface area contributed by atoms with Crippen LogP contribution < -0.4 is 4.90 Å². The highest BCUT2D eigenvalue weighted by Crippen LogP contribution is 2.26. The van der Waals surface area contributed by atoms with Crippen LogP contribution in [0.3, 0.4) is 0 Å². The van der Waals surface area contributed by atoms with Crippen LogP contribution in [-0.4, -0.2) is 46.5 Å².